The summed E-state index contributed by atoms with van der Waals surface area (Å²) in [4.78, 5) is 42.6. The Morgan fingerprint density at radius 3 is 2.66 bits per heavy atom. The van der Waals surface area contributed by atoms with Crippen LogP contribution in [0, 0.1) is 5.92 Å². The molecule has 0 radical (unpaired) electrons. The molecule has 1 saturated heterocycles. The fourth-order valence-electron chi connectivity index (χ4n) is 5.31. The Labute approximate surface area is 242 Å². The predicted molar refractivity (Wildman–Crippen MR) is 158 cm³/mol. The van der Waals surface area contributed by atoms with Crippen LogP contribution in [-0.2, 0) is 9.59 Å². The van der Waals surface area contributed by atoms with Crippen molar-refractivity contribution in [3.63, 3.8) is 0 Å². The molecule has 6 rings (SSSR count). The molecule has 3 aromatic heterocycles. The van der Waals surface area contributed by atoms with Crippen LogP contribution in [0.3, 0.4) is 0 Å². The van der Waals surface area contributed by atoms with Gasteiger partial charge in [0, 0.05) is 43.2 Å². The summed E-state index contributed by atoms with van der Waals surface area (Å²) in [6, 6.07) is 8.81. The second kappa shape index (κ2) is 11.6. The van der Waals surface area contributed by atoms with Crippen molar-refractivity contribution >= 4 is 51.8 Å². The van der Waals surface area contributed by atoms with Crippen LogP contribution in [0.2, 0.25) is 5.02 Å². The van der Waals surface area contributed by atoms with Crippen molar-refractivity contribution in [3.05, 3.63) is 72.3 Å². The maximum atomic E-state index is 12.3. The van der Waals surface area contributed by atoms with Gasteiger partial charge in [-0.2, -0.15) is 0 Å². The summed E-state index contributed by atoms with van der Waals surface area (Å²) in [7, 11) is 0. The van der Waals surface area contributed by atoms with E-state index in [-0.39, 0.29) is 23.7 Å². The fraction of sp³-hybridized carbons (Fsp3) is 0.300. The smallest absolute Gasteiger partial charge is 0.245 e. The molecule has 0 atom stereocenters. The maximum absolute atomic E-state index is 12.3. The molecule has 11 heteroatoms. The van der Waals surface area contributed by atoms with Crippen LogP contribution in [0.1, 0.15) is 43.6 Å². The van der Waals surface area contributed by atoms with Crippen molar-refractivity contribution < 1.29 is 14.3 Å². The number of hydrogen-bond donors (Lipinski definition) is 3. The summed E-state index contributed by atoms with van der Waals surface area (Å²) in [5.74, 6) is 2.40. The van der Waals surface area contributed by atoms with Crippen LogP contribution in [0.4, 0.5) is 17.3 Å². The molecule has 210 valence electrons. The number of carbonyl (C=O) groups is 2. The summed E-state index contributed by atoms with van der Waals surface area (Å²) in [5, 5.41) is 7.58. The van der Waals surface area contributed by atoms with Gasteiger partial charge in [-0.05, 0) is 67.5 Å². The van der Waals surface area contributed by atoms with Gasteiger partial charge in [0.25, 0.3) is 0 Å². The highest BCUT2D eigenvalue weighted by atomic mass is 35.5. The summed E-state index contributed by atoms with van der Waals surface area (Å²) in [6.45, 7) is 4.96. The van der Waals surface area contributed by atoms with Gasteiger partial charge in [-0.3, -0.25) is 9.59 Å². The Bertz CT molecular complexity index is 1610. The quantitative estimate of drug-likeness (QED) is 0.216. The molecule has 0 bridgehead atoms. The lowest BCUT2D eigenvalue weighted by Crippen LogP contribution is -2.36. The van der Waals surface area contributed by atoms with Crippen molar-refractivity contribution in [1.82, 2.24) is 24.8 Å². The topological polar surface area (TPSA) is 125 Å². The zero-order valence-corrected chi connectivity index (χ0v) is 23.2. The van der Waals surface area contributed by atoms with E-state index in [1.54, 1.807) is 30.5 Å². The van der Waals surface area contributed by atoms with Crippen LogP contribution in [0.5, 0.6) is 11.5 Å². The standard InChI is InChI=1S/C30H30ClN7O3/c1-2-26(39)38-12-9-18(10-13-38)22-16-33-28-27(22)29(35-17-34-28)36-20-6-7-24(23(31)14-20)41-21-8-11-32-25(15-21)37-30(40)19-4-3-5-19/h2,6-8,11,14-19H,1,3-5,9-10,12-13H2,(H,32,37,40)(H2,33,34,35,36). The van der Waals surface area contributed by atoms with Gasteiger partial charge in [0.1, 0.15) is 35.1 Å². The van der Waals surface area contributed by atoms with Gasteiger partial charge in [0.15, 0.2) is 0 Å². The number of aromatic nitrogens is 4. The number of fused-ring (bicyclic) bond motifs is 1. The minimum atomic E-state index is -0.0301. The number of aromatic amines is 1. The third-order valence-electron chi connectivity index (χ3n) is 7.80. The van der Waals surface area contributed by atoms with E-state index in [0.717, 1.165) is 54.4 Å². The van der Waals surface area contributed by atoms with Gasteiger partial charge in [0.05, 0.1) is 10.4 Å². The number of hydrogen-bond acceptors (Lipinski definition) is 7. The fourth-order valence-corrected chi connectivity index (χ4v) is 5.53. The molecule has 3 N–H and O–H groups in total. The molecule has 2 amide bonds. The van der Waals surface area contributed by atoms with Gasteiger partial charge in [-0.25, -0.2) is 15.0 Å². The predicted octanol–water partition coefficient (Wildman–Crippen LogP) is 6.17. The lowest BCUT2D eigenvalue weighted by molar-refractivity contribution is -0.127. The van der Waals surface area contributed by atoms with E-state index in [2.05, 4.69) is 37.1 Å². The van der Waals surface area contributed by atoms with E-state index in [4.69, 9.17) is 16.3 Å². The molecule has 4 aromatic rings. The number of likely N-dealkylation sites (tertiary alicyclic amines) is 1. The van der Waals surface area contributed by atoms with Crippen LogP contribution >= 0.6 is 11.6 Å². The molecule has 2 aliphatic rings. The largest absolute Gasteiger partial charge is 0.456 e. The van der Waals surface area contributed by atoms with E-state index in [1.807, 2.05) is 17.2 Å². The third kappa shape index (κ3) is 5.74. The summed E-state index contributed by atoms with van der Waals surface area (Å²) in [5.41, 5.74) is 2.60. The molecule has 4 heterocycles. The molecular formula is C30H30ClN7O3. The number of pyridine rings is 1. The Morgan fingerprint density at radius 1 is 1.10 bits per heavy atom. The molecule has 1 aromatic carbocycles. The Hall–Kier alpha value is -4.44. The second-order valence-corrected chi connectivity index (χ2v) is 10.8. The van der Waals surface area contributed by atoms with Gasteiger partial charge < -0.3 is 25.3 Å². The van der Waals surface area contributed by atoms with E-state index < -0.39 is 0 Å². The van der Waals surface area contributed by atoms with Crippen molar-refractivity contribution in [1.29, 1.82) is 0 Å². The number of nitrogens with one attached hydrogen (secondary N) is 3. The molecule has 1 aliphatic carbocycles. The monoisotopic (exact) mass is 571 g/mol. The molecule has 10 nitrogen and oxygen atoms in total. The van der Waals surface area contributed by atoms with E-state index in [9.17, 15) is 9.59 Å². The molecule has 41 heavy (non-hydrogen) atoms. The summed E-state index contributed by atoms with van der Waals surface area (Å²) < 4.78 is 6.01. The Balaban J connectivity index is 1.16. The van der Waals surface area contributed by atoms with Crippen molar-refractivity contribution in [3.8, 4) is 11.5 Å². The van der Waals surface area contributed by atoms with Crippen LogP contribution in [0.25, 0.3) is 11.0 Å². The van der Waals surface area contributed by atoms with Crippen molar-refractivity contribution in [2.24, 2.45) is 5.92 Å². The molecular weight excluding hydrogens is 542 g/mol. The zero-order chi connectivity index (χ0) is 28.3. The summed E-state index contributed by atoms with van der Waals surface area (Å²) in [6.07, 6.45) is 11.1. The number of H-pyrrole nitrogens is 1. The Morgan fingerprint density at radius 2 is 1.93 bits per heavy atom. The SMILES string of the molecule is C=CC(=O)N1CCC(c2c[nH]c3ncnc(Nc4ccc(Oc5ccnc(NC(=O)C6CCC6)c5)c(Cl)c4)c23)CC1. The molecule has 0 unspecified atom stereocenters. The lowest BCUT2D eigenvalue weighted by atomic mass is 9.85. The first-order chi connectivity index (χ1) is 20.0. The van der Waals surface area contributed by atoms with Crippen molar-refractivity contribution in [2.75, 3.05) is 23.7 Å². The third-order valence-corrected chi connectivity index (χ3v) is 8.10. The van der Waals surface area contributed by atoms with Gasteiger partial charge in [-0.15, -0.1) is 0 Å². The highest BCUT2D eigenvalue weighted by Gasteiger charge is 2.27. The van der Waals surface area contributed by atoms with Crippen molar-refractivity contribution in [2.45, 2.75) is 38.0 Å². The number of nitrogens with zero attached hydrogens (tertiary/aromatic N) is 4. The van der Waals surface area contributed by atoms with E-state index >= 15 is 0 Å². The number of anilines is 3. The van der Waals surface area contributed by atoms with Crippen LogP contribution in [-0.4, -0.2) is 49.7 Å². The highest BCUT2D eigenvalue weighted by molar-refractivity contribution is 6.32. The van der Waals surface area contributed by atoms with Gasteiger partial charge >= 0.3 is 0 Å². The average Bonchev–Trinajstić information content (AvgIpc) is 3.39. The number of halogens is 1. The van der Waals surface area contributed by atoms with Crippen LogP contribution < -0.4 is 15.4 Å². The van der Waals surface area contributed by atoms with Gasteiger partial charge in [-0.1, -0.05) is 24.6 Å². The maximum Gasteiger partial charge on any atom is 0.245 e. The second-order valence-electron chi connectivity index (χ2n) is 10.4. The molecule has 2 fully saturated rings. The number of rotatable bonds is 8. The average molecular weight is 572 g/mol. The number of piperidine rings is 1. The minimum absolute atomic E-state index is 0.00739. The summed E-state index contributed by atoms with van der Waals surface area (Å²) >= 11 is 6.61. The van der Waals surface area contributed by atoms with Gasteiger partial charge in [0.2, 0.25) is 11.8 Å². The normalized spacial score (nSPS) is 15.8. The van der Waals surface area contributed by atoms with Crippen LogP contribution in [0.15, 0.2) is 61.7 Å². The number of carbonyl (C=O) groups excluding carboxylic acids is 2. The highest BCUT2D eigenvalue weighted by Crippen LogP contribution is 2.38. The Kier molecular flexibility index (Phi) is 7.56. The lowest BCUT2D eigenvalue weighted by Gasteiger charge is -2.31. The molecule has 1 saturated carbocycles. The molecule has 0 spiro atoms. The number of ether oxygens (including phenoxy) is 1. The zero-order valence-electron chi connectivity index (χ0n) is 22.4. The van der Waals surface area contributed by atoms with E-state index in [1.165, 1.54) is 12.4 Å². The van der Waals surface area contributed by atoms with E-state index in [0.29, 0.717) is 41.2 Å². The minimum Gasteiger partial charge on any atom is -0.456 e. The first-order valence-electron chi connectivity index (χ1n) is 13.7. The number of amides is 2. The first kappa shape index (κ1) is 26.8. The number of benzene rings is 1. The first-order valence-corrected chi connectivity index (χ1v) is 14.1. The molecule has 1 aliphatic heterocycles.